The summed E-state index contributed by atoms with van der Waals surface area (Å²) in [6.07, 6.45) is -0.165. The lowest BCUT2D eigenvalue weighted by atomic mass is 9.94. The standard InChI is InChI=1S/C27H25N3O6S/c1-2-3-18-36-27(32)28-22-12-8-19(9-13-22)20-10-14-23(15-11-20)37(34,35)30-17-16-21-6-4-5-7-24(21)25(30)26(31)29-33/h4-15,25,33H,16-18H2,1H3,(H,28,32)(H,29,31). The molecule has 0 saturated carbocycles. The number of fused-ring (bicyclic) bond motifs is 1. The molecule has 3 aromatic carbocycles. The third-order valence-corrected chi connectivity index (χ3v) is 7.85. The molecule has 0 saturated heterocycles. The number of ether oxygens (including phenoxy) is 1. The molecular formula is C27H25N3O6S. The lowest BCUT2D eigenvalue weighted by molar-refractivity contribution is -0.133. The Labute approximate surface area is 215 Å². The van der Waals surface area contributed by atoms with Crippen molar-refractivity contribution in [3.05, 3.63) is 83.9 Å². The molecule has 1 heterocycles. The summed E-state index contributed by atoms with van der Waals surface area (Å²) in [5, 5.41) is 11.9. The van der Waals surface area contributed by atoms with E-state index >= 15 is 0 Å². The minimum Gasteiger partial charge on any atom is -0.436 e. The van der Waals surface area contributed by atoms with Gasteiger partial charge in [0.15, 0.2) is 6.61 Å². The summed E-state index contributed by atoms with van der Waals surface area (Å²) in [4.78, 5) is 24.3. The second kappa shape index (κ2) is 11.3. The number of benzene rings is 3. The van der Waals surface area contributed by atoms with Crippen LogP contribution in [0.15, 0.2) is 77.7 Å². The van der Waals surface area contributed by atoms with Crippen LogP contribution in [0.25, 0.3) is 11.1 Å². The highest BCUT2D eigenvalue weighted by molar-refractivity contribution is 7.89. The van der Waals surface area contributed by atoms with E-state index in [1.54, 1.807) is 60.9 Å². The van der Waals surface area contributed by atoms with Crippen molar-refractivity contribution in [3.8, 4) is 23.0 Å². The number of rotatable bonds is 6. The molecule has 1 unspecified atom stereocenters. The lowest BCUT2D eigenvalue weighted by Crippen LogP contribution is -2.46. The zero-order valence-corrected chi connectivity index (χ0v) is 20.8. The maximum Gasteiger partial charge on any atom is 0.412 e. The molecule has 190 valence electrons. The van der Waals surface area contributed by atoms with Gasteiger partial charge in [-0.05, 0) is 59.9 Å². The predicted molar refractivity (Wildman–Crippen MR) is 137 cm³/mol. The molecule has 3 aromatic rings. The maximum absolute atomic E-state index is 13.5. The van der Waals surface area contributed by atoms with Gasteiger partial charge in [0.1, 0.15) is 6.04 Å². The predicted octanol–water partition coefficient (Wildman–Crippen LogP) is 3.72. The van der Waals surface area contributed by atoms with Gasteiger partial charge in [0.05, 0.1) is 4.90 Å². The van der Waals surface area contributed by atoms with Crippen LogP contribution in [0.3, 0.4) is 0 Å². The topological polar surface area (TPSA) is 125 Å². The molecule has 1 aliphatic rings. The van der Waals surface area contributed by atoms with Gasteiger partial charge in [0.2, 0.25) is 10.0 Å². The Hall–Kier alpha value is -4.17. The van der Waals surface area contributed by atoms with Crippen LogP contribution in [0, 0.1) is 11.8 Å². The lowest BCUT2D eigenvalue weighted by Gasteiger charge is -2.34. The summed E-state index contributed by atoms with van der Waals surface area (Å²) in [5.74, 6) is 4.46. The van der Waals surface area contributed by atoms with Crippen LogP contribution in [0.5, 0.6) is 0 Å². The van der Waals surface area contributed by atoms with Crippen LogP contribution in [-0.2, 0) is 26.0 Å². The van der Waals surface area contributed by atoms with E-state index in [-0.39, 0.29) is 18.0 Å². The normalized spacial score (nSPS) is 15.0. The number of nitrogens with one attached hydrogen (secondary N) is 2. The molecule has 3 N–H and O–H groups in total. The summed E-state index contributed by atoms with van der Waals surface area (Å²) in [5.41, 5.74) is 5.11. The van der Waals surface area contributed by atoms with Crippen LogP contribution in [0.4, 0.5) is 10.5 Å². The van der Waals surface area contributed by atoms with E-state index in [1.165, 1.54) is 12.1 Å². The number of nitrogens with zero attached hydrogens (tertiary/aromatic N) is 1. The first-order valence-electron chi connectivity index (χ1n) is 11.4. The quantitative estimate of drug-likeness (QED) is 0.259. The smallest absolute Gasteiger partial charge is 0.412 e. The van der Waals surface area contributed by atoms with Gasteiger partial charge in [0.25, 0.3) is 5.91 Å². The molecule has 0 radical (unpaired) electrons. The van der Waals surface area contributed by atoms with Crippen molar-refractivity contribution in [1.29, 1.82) is 0 Å². The highest BCUT2D eigenvalue weighted by atomic mass is 32.2. The van der Waals surface area contributed by atoms with E-state index in [2.05, 4.69) is 17.2 Å². The monoisotopic (exact) mass is 519 g/mol. The van der Waals surface area contributed by atoms with Crippen molar-refractivity contribution in [2.24, 2.45) is 0 Å². The minimum atomic E-state index is -4.05. The van der Waals surface area contributed by atoms with E-state index in [0.717, 1.165) is 21.0 Å². The second-order valence-corrected chi connectivity index (χ2v) is 10.1. The number of hydrogen-bond donors (Lipinski definition) is 3. The van der Waals surface area contributed by atoms with Crippen molar-refractivity contribution in [3.63, 3.8) is 0 Å². The van der Waals surface area contributed by atoms with Crippen molar-refractivity contribution in [2.75, 3.05) is 18.5 Å². The van der Waals surface area contributed by atoms with Gasteiger partial charge in [-0.2, -0.15) is 4.31 Å². The summed E-state index contributed by atoms with van der Waals surface area (Å²) < 4.78 is 33.1. The molecule has 1 atom stereocenters. The number of hydrogen-bond acceptors (Lipinski definition) is 6. The molecule has 0 aliphatic carbocycles. The second-order valence-electron chi connectivity index (χ2n) is 8.17. The third kappa shape index (κ3) is 5.65. The maximum atomic E-state index is 13.5. The fourth-order valence-corrected chi connectivity index (χ4v) is 5.73. The van der Waals surface area contributed by atoms with E-state index < -0.39 is 28.1 Å². The van der Waals surface area contributed by atoms with Crippen LogP contribution in [0.1, 0.15) is 24.1 Å². The highest BCUT2D eigenvalue weighted by Crippen LogP contribution is 2.35. The van der Waals surface area contributed by atoms with E-state index in [9.17, 15) is 23.2 Å². The number of carbonyl (C=O) groups excluding carboxylic acids is 2. The van der Waals surface area contributed by atoms with Gasteiger partial charge in [-0.15, -0.1) is 5.92 Å². The molecule has 0 aromatic heterocycles. The molecule has 9 nitrogen and oxygen atoms in total. The fourth-order valence-electron chi connectivity index (χ4n) is 4.16. The van der Waals surface area contributed by atoms with Crippen LogP contribution >= 0.6 is 0 Å². The number of sulfonamides is 1. The largest absolute Gasteiger partial charge is 0.436 e. The van der Waals surface area contributed by atoms with Gasteiger partial charge in [-0.25, -0.2) is 18.7 Å². The summed E-state index contributed by atoms with van der Waals surface area (Å²) in [7, 11) is -4.05. The molecule has 0 spiro atoms. The zero-order valence-electron chi connectivity index (χ0n) is 20.0. The molecule has 10 heteroatoms. The first kappa shape index (κ1) is 25.9. The molecular weight excluding hydrogens is 494 g/mol. The average Bonchev–Trinajstić information content (AvgIpc) is 2.92. The Balaban J connectivity index is 1.52. The Morgan fingerprint density at radius 3 is 2.32 bits per heavy atom. The molecule has 1 aliphatic heterocycles. The molecule has 0 bridgehead atoms. The van der Waals surface area contributed by atoms with Gasteiger partial charge >= 0.3 is 6.09 Å². The molecule has 0 fully saturated rings. The van der Waals surface area contributed by atoms with Gasteiger partial charge < -0.3 is 4.74 Å². The van der Waals surface area contributed by atoms with Crippen molar-refractivity contribution in [1.82, 2.24) is 9.79 Å². The molecule has 2 amide bonds. The first-order valence-corrected chi connectivity index (χ1v) is 12.9. The summed E-state index contributed by atoms with van der Waals surface area (Å²) in [6.45, 7) is 1.76. The summed E-state index contributed by atoms with van der Waals surface area (Å²) >= 11 is 0. The van der Waals surface area contributed by atoms with Gasteiger partial charge in [0, 0.05) is 12.2 Å². The third-order valence-electron chi connectivity index (χ3n) is 5.98. The Morgan fingerprint density at radius 1 is 1.03 bits per heavy atom. The van der Waals surface area contributed by atoms with Crippen molar-refractivity contribution >= 4 is 27.7 Å². The number of anilines is 1. The zero-order chi connectivity index (χ0) is 26.4. The molecule has 4 rings (SSSR count). The Kier molecular flexibility index (Phi) is 7.89. The van der Waals surface area contributed by atoms with Crippen molar-refractivity contribution in [2.45, 2.75) is 24.3 Å². The average molecular weight is 520 g/mol. The molecule has 37 heavy (non-hydrogen) atoms. The minimum absolute atomic E-state index is 0.00499. The fraction of sp³-hybridized carbons (Fsp3) is 0.185. The van der Waals surface area contributed by atoms with Crippen LogP contribution < -0.4 is 10.8 Å². The van der Waals surface area contributed by atoms with Gasteiger partial charge in [-0.3, -0.25) is 15.3 Å². The van der Waals surface area contributed by atoms with E-state index in [4.69, 9.17) is 4.74 Å². The highest BCUT2D eigenvalue weighted by Gasteiger charge is 2.40. The van der Waals surface area contributed by atoms with E-state index in [1.807, 2.05) is 12.1 Å². The van der Waals surface area contributed by atoms with Crippen molar-refractivity contribution < 1.29 is 28.0 Å². The van der Waals surface area contributed by atoms with Gasteiger partial charge in [-0.1, -0.05) is 54.5 Å². The number of carbonyl (C=O) groups is 2. The SMILES string of the molecule is CC#CCOC(=O)Nc1ccc(-c2ccc(S(=O)(=O)N3CCc4ccccc4C3C(=O)NO)cc2)cc1. The van der Waals surface area contributed by atoms with E-state index in [0.29, 0.717) is 17.7 Å². The Bertz CT molecular complexity index is 1460. The number of amides is 2. The summed E-state index contributed by atoms with van der Waals surface area (Å²) in [6, 6.07) is 19.2. The number of hydroxylamine groups is 1. The first-order chi connectivity index (χ1) is 17.8. The van der Waals surface area contributed by atoms with Crippen LogP contribution in [0.2, 0.25) is 0 Å². The Morgan fingerprint density at radius 2 is 1.68 bits per heavy atom. The van der Waals surface area contributed by atoms with Crippen LogP contribution in [-0.4, -0.2) is 43.1 Å².